The molecule has 1 aromatic carbocycles. The van der Waals surface area contributed by atoms with Crippen molar-refractivity contribution in [3.8, 4) is 0 Å². The van der Waals surface area contributed by atoms with Crippen LogP contribution in [0.3, 0.4) is 0 Å². The number of hydrogen-bond donors (Lipinski definition) is 0. The van der Waals surface area contributed by atoms with Crippen molar-refractivity contribution >= 4 is 10.1 Å². The van der Waals surface area contributed by atoms with Crippen LogP contribution < -0.4 is 0 Å². The fourth-order valence-corrected chi connectivity index (χ4v) is 4.06. The zero-order valence-corrected chi connectivity index (χ0v) is 16.5. The molecule has 0 heterocycles. The monoisotopic (exact) mass is 354 g/mol. The van der Waals surface area contributed by atoms with Gasteiger partial charge in [-0.1, -0.05) is 76.8 Å². The first kappa shape index (κ1) is 21.2. The summed E-state index contributed by atoms with van der Waals surface area (Å²) in [7, 11) is -3.62. The molecule has 0 aliphatic rings. The molecule has 0 saturated carbocycles. The molecule has 0 aliphatic carbocycles. The molecular weight excluding hydrogens is 320 g/mol. The van der Waals surface area contributed by atoms with Gasteiger partial charge < -0.3 is 0 Å². The molecule has 1 rings (SSSR count). The number of unbranched alkanes of at least 4 members (excludes halogenated alkanes) is 9. The van der Waals surface area contributed by atoms with Crippen LogP contribution in [-0.4, -0.2) is 15.0 Å². The van der Waals surface area contributed by atoms with Crippen molar-refractivity contribution in [3.05, 3.63) is 29.3 Å². The fourth-order valence-electron chi connectivity index (χ4n) is 2.82. The zero-order valence-electron chi connectivity index (χ0n) is 15.6. The van der Waals surface area contributed by atoms with Crippen molar-refractivity contribution in [2.45, 2.75) is 89.9 Å². The van der Waals surface area contributed by atoms with Gasteiger partial charge in [-0.15, -0.1) is 0 Å². The van der Waals surface area contributed by atoms with Gasteiger partial charge in [0, 0.05) is 0 Å². The maximum atomic E-state index is 12.2. The van der Waals surface area contributed by atoms with Crippen molar-refractivity contribution in [2.24, 2.45) is 0 Å². The molecule has 0 fully saturated rings. The molecule has 0 atom stereocenters. The van der Waals surface area contributed by atoms with Gasteiger partial charge in [0.25, 0.3) is 10.1 Å². The zero-order chi connectivity index (χ0) is 17.8. The van der Waals surface area contributed by atoms with Crippen LogP contribution in [0.2, 0.25) is 0 Å². The van der Waals surface area contributed by atoms with Gasteiger partial charge in [-0.05, 0) is 37.5 Å². The molecule has 0 bridgehead atoms. The van der Waals surface area contributed by atoms with Crippen LogP contribution in [0.1, 0.15) is 82.3 Å². The molecule has 0 radical (unpaired) electrons. The van der Waals surface area contributed by atoms with Gasteiger partial charge in [0.05, 0.1) is 11.5 Å². The Kier molecular flexibility index (Phi) is 10.3. The molecule has 1 aromatic rings. The number of hydrogen-bond acceptors (Lipinski definition) is 3. The van der Waals surface area contributed by atoms with E-state index in [0.717, 1.165) is 24.0 Å². The third kappa shape index (κ3) is 7.80. The van der Waals surface area contributed by atoms with Crippen molar-refractivity contribution in [3.63, 3.8) is 0 Å². The van der Waals surface area contributed by atoms with Gasteiger partial charge in [-0.3, -0.25) is 4.18 Å². The lowest BCUT2D eigenvalue weighted by atomic mass is 10.1. The topological polar surface area (TPSA) is 43.4 Å². The first-order valence-electron chi connectivity index (χ1n) is 9.44. The maximum Gasteiger partial charge on any atom is 0.297 e. The minimum Gasteiger partial charge on any atom is -0.266 e. The standard InChI is InChI=1S/C20H34O3S/c1-4-5-6-7-8-9-10-11-12-13-17-23-24(21,22)20-16-14-15-18(2)19(20)3/h14-16H,4-13,17H2,1-3H3. The summed E-state index contributed by atoms with van der Waals surface area (Å²) in [5, 5.41) is 0. The summed E-state index contributed by atoms with van der Waals surface area (Å²) in [6.07, 6.45) is 12.2. The smallest absolute Gasteiger partial charge is 0.266 e. The molecule has 0 amide bonds. The van der Waals surface area contributed by atoms with E-state index < -0.39 is 10.1 Å². The largest absolute Gasteiger partial charge is 0.297 e. The molecule has 0 aromatic heterocycles. The summed E-state index contributed by atoms with van der Waals surface area (Å²) in [6.45, 7) is 6.26. The summed E-state index contributed by atoms with van der Waals surface area (Å²) in [5.74, 6) is 0. The van der Waals surface area contributed by atoms with Crippen LogP contribution in [0.5, 0.6) is 0 Å². The second kappa shape index (κ2) is 11.6. The van der Waals surface area contributed by atoms with Crippen LogP contribution in [0.25, 0.3) is 0 Å². The van der Waals surface area contributed by atoms with Gasteiger partial charge >= 0.3 is 0 Å². The molecule has 3 nitrogen and oxygen atoms in total. The van der Waals surface area contributed by atoms with Gasteiger partial charge in [0.1, 0.15) is 0 Å². The second-order valence-corrected chi connectivity index (χ2v) is 8.24. The molecule has 4 heteroatoms. The minimum absolute atomic E-state index is 0.284. The second-order valence-electron chi connectivity index (χ2n) is 6.66. The highest BCUT2D eigenvalue weighted by molar-refractivity contribution is 7.86. The quantitative estimate of drug-likeness (QED) is 0.326. The maximum absolute atomic E-state index is 12.2. The summed E-state index contributed by atoms with van der Waals surface area (Å²) in [6, 6.07) is 5.30. The van der Waals surface area contributed by atoms with E-state index in [1.165, 1.54) is 51.4 Å². The molecule has 0 spiro atoms. The third-order valence-electron chi connectivity index (χ3n) is 4.56. The molecule has 24 heavy (non-hydrogen) atoms. The average Bonchev–Trinajstić information content (AvgIpc) is 2.55. The Morgan fingerprint density at radius 3 is 1.96 bits per heavy atom. The number of rotatable bonds is 13. The molecule has 0 unspecified atom stereocenters. The predicted molar refractivity (Wildman–Crippen MR) is 101 cm³/mol. The summed E-state index contributed by atoms with van der Waals surface area (Å²) in [5.41, 5.74) is 1.75. The Labute approximate surface area is 148 Å². The SMILES string of the molecule is CCCCCCCCCCCCOS(=O)(=O)c1cccc(C)c1C. The lowest BCUT2D eigenvalue weighted by Gasteiger charge is -2.10. The van der Waals surface area contributed by atoms with Gasteiger partial charge in [0.15, 0.2) is 0 Å². The van der Waals surface area contributed by atoms with Crippen LogP contribution in [0, 0.1) is 13.8 Å². The van der Waals surface area contributed by atoms with E-state index in [1.807, 2.05) is 19.9 Å². The Morgan fingerprint density at radius 1 is 0.833 bits per heavy atom. The van der Waals surface area contributed by atoms with E-state index in [0.29, 0.717) is 4.90 Å². The average molecular weight is 355 g/mol. The first-order chi connectivity index (χ1) is 11.5. The number of benzene rings is 1. The van der Waals surface area contributed by atoms with Gasteiger partial charge in [-0.25, -0.2) is 0 Å². The highest BCUT2D eigenvalue weighted by Gasteiger charge is 2.18. The normalized spacial score (nSPS) is 11.8. The molecule has 138 valence electrons. The van der Waals surface area contributed by atoms with Crippen molar-refractivity contribution in [2.75, 3.05) is 6.61 Å². The Bertz CT molecular complexity index is 564. The van der Waals surface area contributed by atoms with Gasteiger partial charge in [0.2, 0.25) is 0 Å². The van der Waals surface area contributed by atoms with E-state index in [9.17, 15) is 8.42 Å². The minimum atomic E-state index is -3.62. The van der Waals surface area contributed by atoms with Crippen LogP contribution in [-0.2, 0) is 14.3 Å². The van der Waals surface area contributed by atoms with Crippen molar-refractivity contribution in [1.82, 2.24) is 0 Å². The first-order valence-corrected chi connectivity index (χ1v) is 10.9. The summed E-state index contributed by atoms with van der Waals surface area (Å²) >= 11 is 0. The van der Waals surface area contributed by atoms with Crippen molar-refractivity contribution < 1.29 is 12.6 Å². The number of aryl methyl sites for hydroxylation is 1. The Hall–Kier alpha value is -0.870. The summed E-state index contributed by atoms with van der Waals surface area (Å²) < 4.78 is 29.7. The van der Waals surface area contributed by atoms with E-state index in [-0.39, 0.29) is 6.61 Å². The summed E-state index contributed by atoms with van der Waals surface area (Å²) in [4.78, 5) is 0.301. The third-order valence-corrected chi connectivity index (χ3v) is 6.02. The van der Waals surface area contributed by atoms with Crippen LogP contribution in [0.4, 0.5) is 0 Å². The molecular formula is C20H34O3S. The highest BCUT2D eigenvalue weighted by Crippen LogP contribution is 2.20. The van der Waals surface area contributed by atoms with E-state index in [1.54, 1.807) is 12.1 Å². The fraction of sp³-hybridized carbons (Fsp3) is 0.700. The Balaban J connectivity index is 2.15. The highest BCUT2D eigenvalue weighted by atomic mass is 32.2. The van der Waals surface area contributed by atoms with E-state index >= 15 is 0 Å². The predicted octanol–water partition coefficient (Wildman–Crippen LogP) is 5.93. The molecule has 0 saturated heterocycles. The van der Waals surface area contributed by atoms with Crippen LogP contribution >= 0.6 is 0 Å². The van der Waals surface area contributed by atoms with E-state index in [4.69, 9.17) is 4.18 Å². The lowest BCUT2D eigenvalue weighted by Crippen LogP contribution is -2.09. The van der Waals surface area contributed by atoms with Crippen LogP contribution in [0.15, 0.2) is 23.1 Å². The van der Waals surface area contributed by atoms with Crippen molar-refractivity contribution in [1.29, 1.82) is 0 Å². The Morgan fingerprint density at radius 2 is 1.38 bits per heavy atom. The molecule has 0 aliphatic heterocycles. The lowest BCUT2D eigenvalue weighted by molar-refractivity contribution is 0.306. The van der Waals surface area contributed by atoms with E-state index in [2.05, 4.69) is 6.92 Å². The van der Waals surface area contributed by atoms with Gasteiger partial charge in [-0.2, -0.15) is 8.42 Å². The molecule has 0 N–H and O–H groups in total.